The van der Waals surface area contributed by atoms with E-state index in [0.29, 0.717) is 5.92 Å². The van der Waals surface area contributed by atoms with E-state index in [0.717, 1.165) is 13.1 Å². The Balaban J connectivity index is 1.96. The first-order valence-electron chi connectivity index (χ1n) is 6.84. The Morgan fingerprint density at radius 3 is 3.05 bits per heavy atom. The van der Waals surface area contributed by atoms with Crippen molar-refractivity contribution in [2.24, 2.45) is 5.92 Å². The molecule has 0 radical (unpaired) electrons. The zero-order chi connectivity index (χ0) is 13.1. The maximum Gasteiger partial charge on any atom is 0.162 e. The molecule has 2 heterocycles. The molecule has 2 aromatic rings. The van der Waals surface area contributed by atoms with Crippen LogP contribution in [0.2, 0.25) is 0 Å². The van der Waals surface area contributed by atoms with Gasteiger partial charge in [0.05, 0.1) is 0 Å². The zero-order valence-corrected chi connectivity index (χ0v) is 11.2. The summed E-state index contributed by atoms with van der Waals surface area (Å²) in [5, 5.41) is 15.7. The molecular weight excluding hydrogens is 238 g/mol. The minimum absolute atomic E-state index is 0.176. The lowest BCUT2D eigenvalue weighted by Gasteiger charge is -2.30. The smallest absolute Gasteiger partial charge is 0.162 e. The van der Waals surface area contributed by atoms with E-state index in [1.54, 1.807) is 4.80 Å². The van der Waals surface area contributed by atoms with E-state index < -0.39 is 0 Å². The second kappa shape index (κ2) is 5.48. The van der Waals surface area contributed by atoms with E-state index in [2.05, 4.69) is 51.9 Å². The predicted molar refractivity (Wildman–Crippen MR) is 72.7 cm³/mol. The molecule has 1 aliphatic heterocycles. The number of nitrogens with one attached hydrogen (secondary N) is 1. The van der Waals surface area contributed by atoms with Gasteiger partial charge in [-0.25, -0.2) is 0 Å². The first kappa shape index (κ1) is 12.3. The summed E-state index contributed by atoms with van der Waals surface area (Å²) in [6, 6.07) is 8.78. The van der Waals surface area contributed by atoms with Gasteiger partial charge in [0, 0.05) is 6.54 Å². The predicted octanol–water partition coefficient (Wildman–Crippen LogP) is 1.57. The Morgan fingerprint density at radius 2 is 2.37 bits per heavy atom. The molecular formula is C14H19N5. The molecule has 3 rings (SSSR count). The standard InChI is InChI=1S/C14H19N5/c1-11-4-2-5-12(8-11)14(19-17-10-16-18-19)13-6-3-7-15-9-13/h2,4-5,8,10,13-15H,3,6-7,9H2,1H3/t13-,14-/m0/s1. The normalized spacial score (nSPS) is 21.2. The van der Waals surface area contributed by atoms with Gasteiger partial charge in [-0.2, -0.15) is 4.80 Å². The Morgan fingerprint density at radius 1 is 1.42 bits per heavy atom. The first-order valence-corrected chi connectivity index (χ1v) is 6.84. The topological polar surface area (TPSA) is 55.6 Å². The SMILES string of the molecule is Cc1cccc([C@@H]([C@H]2CCCNC2)n2ncnn2)c1. The van der Waals surface area contributed by atoms with Crippen LogP contribution in [0, 0.1) is 12.8 Å². The van der Waals surface area contributed by atoms with Crippen molar-refractivity contribution in [3.63, 3.8) is 0 Å². The van der Waals surface area contributed by atoms with Gasteiger partial charge in [0.1, 0.15) is 6.04 Å². The van der Waals surface area contributed by atoms with E-state index >= 15 is 0 Å². The molecule has 0 saturated carbocycles. The van der Waals surface area contributed by atoms with E-state index in [-0.39, 0.29) is 6.04 Å². The second-order valence-corrected chi connectivity index (χ2v) is 5.22. The molecule has 1 aromatic carbocycles. The van der Waals surface area contributed by atoms with Crippen molar-refractivity contribution in [2.45, 2.75) is 25.8 Å². The quantitative estimate of drug-likeness (QED) is 0.907. The Bertz CT molecular complexity index is 516. The number of nitrogens with zero attached hydrogens (tertiary/aromatic N) is 4. The first-order chi connectivity index (χ1) is 9.34. The minimum Gasteiger partial charge on any atom is -0.316 e. The Hall–Kier alpha value is -1.75. The van der Waals surface area contributed by atoms with Gasteiger partial charge in [-0.1, -0.05) is 29.8 Å². The molecule has 5 nitrogen and oxygen atoms in total. The third-order valence-electron chi connectivity index (χ3n) is 3.78. The molecule has 0 unspecified atom stereocenters. The Kier molecular flexibility index (Phi) is 3.55. The molecule has 100 valence electrons. The van der Waals surface area contributed by atoms with Crippen molar-refractivity contribution in [1.29, 1.82) is 0 Å². The summed E-state index contributed by atoms with van der Waals surface area (Å²) < 4.78 is 0. The van der Waals surface area contributed by atoms with Gasteiger partial charge >= 0.3 is 0 Å². The van der Waals surface area contributed by atoms with Crippen LogP contribution in [-0.4, -0.2) is 33.3 Å². The van der Waals surface area contributed by atoms with Crippen LogP contribution < -0.4 is 5.32 Å². The number of benzene rings is 1. The van der Waals surface area contributed by atoms with Crippen molar-refractivity contribution in [1.82, 2.24) is 25.5 Å². The highest BCUT2D eigenvalue weighted by Crippen LogP contribution is 2.30. The number of aromatic nitrogens is 4. The summed E-state index contributed by atoms with van der Waals surface area (Å²) in [4.78, 5) is 1.76. The maximum absolute atomic E-state index is 4.26. The van der Waals surface area contributed by atoms with Crippen LogP contribution >= 0.6 is 0 Å². The van der Waals surface area contributed by atoms with E-state index in [4.69, 9.17) is 0 Å². The van der Waals surface area contributed by atoms with E-state index in [1.807, 2.05) is 0 Å². The average Bonchev–Trinajstić information content (AvgIpc) is 2.94. The van der Waals surface area contributed by atoms with Crippen LogP contribution in [0.5, 0.6) is 0 Å². The van der Waals surface area contributed by atoms with E-state index in [1.165, 1.54) is 30.3 Å². The fraction of sp³-hybridized carbons (Fsp3) is 0.500. The fourth-order valence-electron chi connectivity index (χ4n) is 2.90. The molecule has 1 saturated heterocycles. The molecule has 0 bridgehead atoms. The van der Waals surface area contributed by atoms with Crippen LogP contribution in [0.1, 0.15) is 30.0 Å². The van der Waals surface area contributed by atoms with Gasteiger partial charge in [-0.15, -0.1) is 10.2 Å². The molecule has 0 spiro atoms. The third-order valence-corrected chi connectivity index (χ3v) is 3.78. The van der Waals surface area contributed by atoms with Crippen LogP contribution in [0.3, 0.4) is 0 Å². The lowest BCUT2D eigenvalue weighted by molar-refractivity contribution is 0.261. The number of rotatable bonds is 3. The van der Waals surface area contributed by atoms with Gasteiger partial charge in [0.25, 0.3) is 0 Å². The number of hydrogen-bond acceptors (Lipinski definition) is 4. The lowest BCUT2D eigenvalue weighted by atomic mass is 9.87. The minimum atomic E-state index is 0.176. The van der Waals surface area contributed by atoms with Crippen LogP contribution in [0.4, 0.5) is 0 Å². The van der Waals surface area contributed by atoms with Crippen LogP contribution in [0.25, 0.3) is 0 Å². The third kappa shape index (κ3) is 2.66. The summed E-state index contributed by atoms with van der Waals surface area (Å²) in [6.45, 7) is 4.25. The fourth-order valence-corrected chi connectivity index (χ4v) is 2.90. The van der Waals surface area contributed by atoms with Gasteiger partial charge < -0.3 is 5.32 Å². The molecule has 19 heavy (non-hydrogen) atoms. The number of aryl methyl sites for hydroxylation is 1. The van der Waals surface area contributed by atoms with Crippen molar-refractivity contribution in [3.05, 3.63) is 41.7 Å². The molecule has 1 N–H and O–H groups in total. The highest BCUT2D eigenvalue weighted by atomic mass is 15.6. The summed E-state index contributed by atoms with van der Waals surface area (Å²) >= 11 is 0. The molecule has 5 heteroatoms. The Labute approximate surface area is 113 Å². The van der Waals surface area contributed by atoms with Crippen molar-refractivity contribution in [3.8, 4) is 0 Å². The van der Waals surface area contributed by atoms with Crippen LogP contribution in [0.15, 0.2) is 30.6 Å². The van der Waals surface area contributed by atoms with Gasteiger partial charge in [0.15, 0.2) is 6.33 Å². The largest absolute Gasteiger partial charge is 0.316 e. The highest BCUT2D eigenvalue weighted by Gasteiger charge is 2.28. The summed E-state index contributed by atoms with van der Waals surface area (Å²) in [7, 11) is 0. The zero-order valence-electron chi connectivity index (χ0n) is 11.2. The van der Waals surface area contributed by atoms with Crippen molar-refractivity contribution in [2.75, 3.05) is 13.1 Å². The number of hydrogen-bond donors (Lipinski definition) is 1. The monoisotopic (exact) mass is 257 g/mol. The van der Waals surface area contributed by atoms with Gasteiger partial charge in [-0.3, -0.25) is 0 Å². The summed E-state index contributed by atoms with van der Waals surface area (Å²) in [5.74, 6) is 0.518. The van der Waals surface area contributed by atoms with E-state index in [9.17, 15) is 0 Å². The summed E-state index contributed by atoms with van der Waals surface area (Å²) in [5.41, 5.74) is 2.54. The number of tetrazole rings is 1. The number of piperidine rings is 1. The molecule has 0 amide bonds. The maximum atomic E-state index is 4.26. The molecule has 2 atom stereocenters. The average molecular weight is 257 g/mol. The second-order valence-electron chi connectivity index (χ2n) is 5.22. The van der Waals surface area contributed by atoms with Crippen molar-refractivity contribution >= 4 is 0 Å². The highest BCUT2D eigenvalue weighted by molar-refractivity contribution is 5.26. The molecule has 0 aliphatic carbocycles. The summed E-state index contributed by atoms with van der Waals surface area (Å²) in [6.07, 6.45) is 3.92. The lowest BCUT2D eigenvalue weighted by Crippen LogP contribution is -2.36. The van der Waals surface area contributed by atoms with Gasteiger partial charge in [0.2, 0.25) is 0 Å². The molecule has 1 aliphatic rings. The molecule has 1 fully saturated rings. The van der Waals surface area contributed by atoms with Crippen LogP contribution in [-0.2, 0) is 0 Å². The van der Waals surface area contributed by atoms with Gasteiger partial charge in [-0.05, 0) is 43.0 Å². The van der Waals surface area contributed by atoms with Crippen molar-refractivity contribution < 1.29 is 0 Å². The molecule has 1 aromatic heterocycles.